The Morgan fingerprint density at radius 1 is 1.44 bits per heavy atom. The van der Waals surface area contributed by atoms with Crippen molar-refractivity contribution in [1.82, 2.24) is 4.98 Å². The molecule has 0 saturated heterocycles. The van der Waals surface area contributed by atoms with Gasteiger partial charge >= 0.3 is 6.09 Å². The van der Waals surface area contributed by atoms with Gasteiger partial charge in [-0.2, -0.15) is 0 Å². The van der Waals surface area contributed by atoms with E-state index in [1.807, 2.05) is 0 Å². The molecule has 3 rings (SSSR count). The molecule has 0 bridgehead atoms. The Bertz CT molecular complexity index is 533. The minimum absolute atomic E-state index is 0.514. The number of aryl methyl sites for hydroxylation is 1. The number of allylic oxidation sites excluding steroid dienone is 1. The summed E-state index contributed by atoms with van der Waals surface area (Å²) in [6.07, 6.45) is 5.99. The van der Waals surface area contributed by atoms with Gasteiger partial charge in [0.25, 0.3) is 0 Å². The molecule has 4 nitrogen and oxygen atoms in total. The van der Waals surface area contributed by atoms with E-state index < -0.39 is 6.09 Å². The van der Waals surface area contributed by atoms with Crippen LogP contribution in [0.1, 0.15) is 36.1 Å². The summed E-state index contributed by atoms with van der Waals surface area (Å²) in [5, 5.41) is 11.6. The molecule has 0 unspecified atom stereocenters. The summed E-state index contributed by atoms with van der Waals surface area (Å²) in [5.41, 5.74) is 4.74. The molecular weight excluding hydrogens is 228 g/mol. The first-order valence-electron chi connectivity index (χ1n) is 6.36. The molecule has 1 saturated carbocycles. The minimum Gasteiger partial charge on any atom is -0.465 e. The van der Waals surface area contributed by atoms with Crippen molar-refractivity contribution in [3.63, 3.8) is 0 Å². The lowest BCUT2D eigenvalue weighted by atomic mass is 9.99. The number of rotatable bonds is 3. The van der Waals surface area contributed by atoms with Gasteiger partial charge in [-0.3, -0.25) is 10.3 Å². The molecule has 0 radical (unpaired) electrons. The quantitative estimate of drug-likeness (QED) is 0.858. The summed E-state index contributed by atoms with van der Waals surface area (Å²) in [4.78, 5) is 15.4. The van der Waals surface area contributed by atoms with E-state index in [0.717, 1.165) is 60.2 Å². The normalized spacial score (nSPS) is 17.3. The number of nitrogens with one attached hydrogen (secondary N) is 1. The number of nitrogens with zero attached hydrogens (tertiary/aromatic N) is 1. The Kier molecular flexibility index (Phi) is 2.58. The van der Waals surface area contributed by atoms with E-state index in [4.69, 9.17) is 5.11 Å². The van der Waals surface area contributed by atoms with E-state index >= 15 is 0 Å². The van der Waals surface area contributed by atoms with Crippen molar-refractivity contribution in [1.29, 1.82) is 0 Å². The van der Waals surface area contributed by atoms with Gasteiger partial charge in [-0.25, -0.2) is 4.79 Å². The van der Waals surface area contributed by atoms with Crippen molar-refractivity contribution in [2.24, 2.45) is 5.92 Å². The van der Waals surface area contributed by atoms with E-state index in [0.29, 0.717) is 5.92 Å². The summed E-state index contributed by atoms with van der Waals surface area (Å²) in [7, 11) is 0. The van der Waals surface area contributed by atoms with Gasteiger partial charge in [0, 0.05) is 17.5 Å². The lowest BCUT2D eigenvalue weighted by Gasteiger charge is -2.15. The van der Waals surface area contributed by atoms with Crippen molar-refractivity contribution < 1.29 is 9.90 Å². The predicted octanol–water partition coefficient (Wildman–Crippen LogP) is 3.08. The number of pyridine rings is 1. The lowest BCUT2D eigenvalue weighted by Crippen LogP contribution is -2.12. The summed E-state index contributed by atoms with van der Waals surface area (Å²) in [6, 6.07) is 0. The highest BCUT2D eigenvalue weighted by Crippen LogP contribution is 2.44. The molecule has 2 aliphatic carbocycles. The molecule has 0 aliphatic heterocycles. The van der Waals surface area contributed by atoms with Gasteiger partial charge in [0.2, 0.25) is 0 Å². The molecule has 2 aliphatic rings. The molecule has 0 aromatic carbocycles. The first-order valence-corrected chi connectivity index (χ1v) is 6.36. The maximum atomic E-state index is 11.0. The van der Waals surface area contributed by atoms with Gasteiger partial charge in [0.1, 0.15) is 0 Å². The van der Waals surface area contributed by atoms with Crippen molar-refractivity contribution in [2.45, 2.75) is 32.1 Å². The molecule has 1 amide bonds. The molecular formula is C14H16N2O2. The predicted molar refractivity (Wildman–Crippen MR) is 69.7 cm³/mol. The highest BCUT2D eigenvalue weighted by Gasteiger charge is 2.29. The van der Waals surface area contributed by atoms with Crippen LogP contribution in [0.2, 0.25) is 0 Å². The number of carbonyl (C=O) groups is 1. The van der Waals surface area contributed by atoms with Crippen LogP contribution in [0, 0.1) is 5.92 Å². The number of carboxylic acid groups (broad SMARTS) is 1. The van der Waals surface area contributed by atoms with E-state index in [9.17, 15) is 4.79 Å². The van der Waals surface area contributed by atoms with Gasteiger partial charge in [-0.05, 0) is 49.2 Å². The van der Waals surface area contributed by atoms with Crippen LogP contribution >= 0.6 is 0 Å². The van der Waals surface area contributed by atoms with Crippen LogP contribution in [0.25, 0.3) is 5.57 Å². The number of hydrogen-bond donors (Lipinski definition) is 2. The van der Waals surface area contributed by atoms with E-state index in [2.05, 4.69) is 16.9 Å². The SMILES string of the molecule is C=C(c1cnc2c(c1NC(=O)O)CCC2)C1CC1. The zero-order chi connectivity index (χ0) is 12.7. The molecule has 94 valence electrons. The third-order valence-electron chi connectivity index (χ3n) is 3.76. The Morgan fingerprint density at radius 2 is 2.22 bits per heavy atom. The number of anilines is 1. The average Bonchev–Trinajstić information content (AvgIpc) is 3.06. The lowest BCUT2D eigenvalue weighted by molar-refractivity contribution is 0.209. The minimum atomic E-state index is -1.01. The van der Waals surface area contributed by atoms with Crippen LogP contribution in [0.15, 0.2) is 12.8 Å². The summed E-state index contributed by atoms with van der Waals surface area (Å²) in [5.74, 6) is 0.514. The van der Waals surface area contributed by atoms with Crippen LogP contribution in [0.4, 0.5) is 10.5 Å². The summed E-state index contributed by atoms with van der Waals surface area (Å²) in [6.45, 7) is 4.11. The smallest absolute Gasteiger partial charge is 0.409 e. The van der Waals surface area contributed by atoms with Gasteiger partial charge in [-0.15, -0.1) is 0 Å². The van der Waals surface area contributed by atoms with Crippen LogP contribution in [0.3, 0.4) is 0 Å². The number of aromatic nitrogens is 1. The second kappa shape index (κ2) is 4.12. The fourth-order valence-corrected chi connectivity index (χ4v) is 2.65. The van der Waals surface area contributed by atoms with Crippen molar-refractivity contribution in [3.8, 4) is 0 Å². The molecule has 18 heavy (non-hydrogen) atoms. The molecule has 0 spiro atoms. The fraction of sp³-hybridized carbons (Fsp3) is 0.429. The van der Waals surface area contributed by atoms with Crippen LogP contribution < -0.4 is 5.32 Å². The molecule has 1 fully saturated rings. The number of fused-ring (bicyclic) bond motifs is 1. The van der Waals surface area contributed by atoms with Crippen molar-refractivity contribution in [3.05, 3.63) is 29.6 Å². The second-order valence-electron chi connectivity index (χ2n) is 5.06. The van der Waals surface area contributed by atoms with E-state index in [1.54, 1.807) is 6.20 Å². The zero-order valence-electron chi connectivity index (χ0n) is 10.2. The summed E-state index contributed by atoms with van der Waals surface area (Å²) >= 11 is 0. The number of hydrogen-bond acceptors (Lipinski definition) is 2. The first kappa shape index (κ1) is 11.3. The highest BCUT2D eigenvalue weighted by atomic mass is 16.4. The average molecular weight is 244 g/mol. The maximum Gasteiger partial charge on any atom is 0.409 e. The van der Waals surface area contributed by atoms with Crippen LogP contribution in [-0.2, 0) is 12.8 Å². The van der Waals surface area contributed by atoms with Gasteiger partial charge in [-0.1, -0.05) is 6.58 Å². The molecule has 1 aromatic heterocycles. The maximum absolute atomic E-state index is 11.0. The van der Waals surface area contributed by atoms with Crippen molar-refractivity contribution in [2.75, 3.05) is 5.32 Å². The van der Waals surface area contributed by atoms with Gasteiger partial charge < -0.3 is 5.11 Å². The highest BCUT2D eigenvalue weighted by molar-refractivity contribution is 5.90. The van der Waals surface area contributed by atoms with Crippen LogP contribution in [-0.4, -0.2) is 16.2 Å². The Labute approximate surface area is 106 Å². The molecule has 4 heteroatoms. The number of amides is 1. The molecule has 2 N–H and O–H groups in total. The van der Waals surface area contributed by atoms with Gasteiger partial charge in [0.05, 0.1) is 5.69 Å². The molecule has 0 atom stereocenters. The topological polar surface area (TPSA) is 62.2 Å². The monoisotopic (exact) mass is 244 g/mol. The van der Waals surface area contributed by atoms with Crippen LogP contribution in [0.5, 0.6) is 0 Å². The Morgan fingerprint density at radius 3 is 2.89 bits per heavy atom. The standard InChI is InChI=1S/C14H16N2O2/c1-8(9-5-6-9)11-7-15-12-4-2-3-10(12)13(11)16-14(17)18/h7,9H,1-6H2,(H,15,16)(H,17,18). The first-order chi connectivity index (χ1) is 8.66. The largest absolute Gasteiger partial charge is 0.465 e. The third kappa shape index (κ3) is 1.88. The van der Waals surface area contributed by atoms with E-state index in [1.165, 1.54) is 0 Å². The second-order valence-corrected chi connectivity index (χ2v) is 5.06. The van der Waals surface area contributed by atoms with Crippen molar-refractivity contribution >= 4 is 17.4 Å². The fourth-order valence-electron chi connectivity index (χ4n) is 2.65. The Hall–Kier alpha value is -1.84. The third-order valence-corrected chi connectivity index (χ3v) is 3.76. The van der Waals surface area contributed by atoms with E-state index in [-0.39, 0.29) is 0 Å². The van der Waals surface area contributed by atoms with Gasteiger partial charge in [0.15, 0.2) is 0 Å². The Balaban J connectivity index is 2.06. The molecule has 1 aromatic rings. The summed E-state index contributed by atoms with van der Waals surface area (Å²) < 4.78 is 0. The molecule has 1 heterocycles. The zero-order valence-corrected chi connectivity index (χ0v) is 10.2.